The van der Waals surface area contributed by atoms with Crippen molar-refractivity contribution >= 4 is 29.9 Å². The predicted octanol–water partition coefficient (Wildman–Crippen LogP) is 4.42. The molecule has 0 fully saturated rings. The molecule has 0 spiro atoms. The van der Waals surface area contributed by atoms with Gasteiger partial charge in [0.15, 0.2) is 12.6 Å². The number of rotatable bonds is 8. The Kier molecular flexibility index (Phi) is 10.1. The minimum Gasteiger partial charge on any atom is -0.484 e. The number of aliphatic imine (C=N–C) groups is 1. The molecule has 0 bridgehead atoms. The van der Waals surface area contributed by atoms with Crippen LogP contribution in [0.25, 0.3) is 0 Å². The molecular weight excluding hydrogens is 526 g/mol. The Morgan fingerprint density at radius 2 is 1.81 bits per heavy atom. The number of furan rings is 1. The summed E-state index contributed by atoms with van der Waals surface area (Å²) in [4.78, 5) is 4.46. The van der Waals surface area contributed by atoms with Crippen LogP contribution in [-0.4, -0.2) is 36.9 Å². The number of nitrogens with one attached hydrogen (secondary N) is 2. The van der Waals surface area contributed by atoms with Crippen LogP contribution < -0.4 is 15.4 Å². The lowest BCUT2D eigenvalue weighted by molar-refractivity contribution is -0.153. The van der Waals surface area contributed by atoms with Crippen LogP contribution in [0.15, 0.2) is 39.7 Å². The maximum atomic E-state index is 12.2. The van der Waals surface area contributed by atoms with Crippen molar-refractivity contribution in [3.63, 3.8) is 0 Å². The maximum absolute atomic E-state index is 12.2. The first-order valence-corrected chi connectivity index (χ1v) is 9.61. The van der Waals surface area contributed by atoms with Crippen molar-refractivity contribution < 1.29 is 27.4 Å². The molecule has 3 N–H and O–H groups in total. The molecule has 1 heterocycles. The lowest BCUT2D eigenvalue weighted by atomic mass is 9.96. The summed E-state index contributed by atoms with van der Waals surface area (Å²) < 4.78 is 46.8. The highest BCUT2D eigenvalue weighted by atomic mass is 127. The second-order valence-electron chi connectivity index (χ2n) is 7.20. The highest BCUT2D eigenvalue weighted by Crippen LogP contribution is 2.26. The quantitative estimate of drug-likeness (QED) is 0.256. The lowest BCUT2D eigenvalue weighted by Crippen LogP contribution is -2.44. The van der Waals surface area contributed by atoms with Gasteiger partial charge in [0.2, 0.25) is 0 Å². The second-order valence-corrected chi connectivity index (χ2v) is 7.20. The summed E-state index contributed by atoms with van der Waals surface area (Å²) in [5.41, 5.74) is 0.354. The second kappa shape index (κ2) is 11.6. The van der Waals surface area contributed by atoms with E-state index in [0.29, 0.717) is 30.4 Å². The molecule has 6 nitrogen and oxygen atoms in total. The van der Waals surface area contributed by atoms with E-state index >= 15 is 0 Å². The molecule has 1 aromatic heterocycles. The average Bonchev–Trinajstić information content (AvgIpc) is 3.01. The third-order valence-electron chi connectivity index (χ3n) is 4.31. The van der Waals surface area contributed by atoms with Gasteiger partial charge in [-0.2, -0.15) is 13.2 Å². The van der Waals surface area contributed by atoms with Crippen LogP contribution in [0, 0.1) is 13.8 Å². The number of alkyl halides is 3. The summed E-state index contributed by atoms with van der Waals surface area (Å²) in [6.45, 7) is 7.07. The topological polar surface area (TPSA) is 79.0 Å². The van der Waals surface area contributed by atoms with Crippen LogP contribution in [0.3, 0.4) is 0 Å². The standard InChI is InChI=1S/C21H28F3N3O3.HI/c1-5-25-19(27-12-20(4,28)18-10-14(2)30-15(18)3)26-11-16-6-8-17(9-7-16)29-13-21(22,23)24;/h6-10,28H,5,11-13H2,1-4H3,(H2,25,26,27);1H. The number of ether oxygens (including phenoxy) is 1. The van der Waals surface area contributed by atoms with Crippen LogP contribution in [-0.2, 0) is 12.1 Å². The molecule has 31 heavy (non-hydrogen) atoms. The molecule has 0 radical (unpaired) electrons. The van der Waals surface area contributed by atoms with Gasteiger partial charge in [-0.25, -0.2) is 4.99 Å². The normalized spacial score (nSPS) is 13.9. The highest BCUT2D eigenvalue weighted by Gasteiger charge is 2.29. The van der Waals surface area contributed by atoms with E-state index in [1.165, 1.54) is 12.1 Å². The Morgan fingerprint density at radius 1 is 1.16 bits per heavy atom. The fraction of sp³-hybridized carbons (Fsp3) is 0.476. The van der Waals surface area contributed by atoms with Crippen molar-refractivity contribution in [2.75, 3.05) is 19.7 Å². The Morgan fingerprint density at radius 3 is 2.32 bits per heavy atom. The summed E-state index contributed by atoms with van der Waals surface area (Å²) in [6, 6.07) is 8.08. The van der Waals surface area contributed by atoms with Crippen LogP contribution in [0.5, 0.6) is 5.75 Å². The van der Waals surface area contributed by atoms with Crippen LogP contribution in [0.4, 0.5) is 13.2 Å². The number of hydrogen-bond acceptors (Lipinski definition) is 4. The Bertz CT molecular complexity index is 850. The molecule has 0 saturated carbocycles. The van der Waals surface area contributed by atoms with Gasteiger partial charge < -0.3 is 24.9 Å². The summed E-state index contributed by atoms with van der Waals surface area (Å²) >= 11 is 0. The molecule has 0 aliphatic rings. The van der Waals surface area contributed by atoms with E-state index in [2.05, 4.69) is 15.6 Å². The molecule has 0 saturated heterocycles. The summed E-state index contributed by atoms with van der Waals surface area (Å²) in [5, 5.41) is 17.0. The zero-order valence-electron chi connectivity index (χ0n) is 18.0. The van der Waals surface area contributed by atoms with Crippen molar-refractivity contribution in [3.05, 3.63) is 53.0 Å². The van der Waals surface area contributed by atoms with Crippen LogP contribution >= 0.6 is 24.0 Å². The van der Waals surface area contributed by atoms with Gasteiger partial charge in [0.1, 0.15) is 22.9 Å². The zero-order valence-corrected chi connectivity index (χ0v) is 20.3. The molecule has 1 aromatic carbocycles. The van der Waals surface area contributed by atoms with Gasteiger partial charge in [-0.15, -0.1) is 24.0 Å². The third-order valence-corrected chi connectivity index (χ3v) is 4.31. The smallest absolute Gasteiger partial charge is 0.422 e. The number of aliphatic hydroxyl groups is 1. The molecule has 0 aliphatic heterocycles. The van der Waals surface area contributed by atoms with Gasteiger partial charge in [-0.1, -0.05) is 12.1 Å². The van der Waals surface area contributed by atoms with E-state index in [9.17, 15) is 18.3 Å². The van der Waals surface area contributed by atoms with E-state index in [4.69, 9.17) is 9.15 Å². The van der Waals surface area contributed by atoms with Gasteiger partial charge in [-0.3, -0.25) is 0 Å². The van der Waals surface area contributed by atoms with Crippen molar-refractivity contribution in [1.82, 2.24) is 10.6 Å². The molecule has 1 unspecified atom stereocenters. The summed E-state index contributed by atoms with van der Waals surface area (Å²) in [7, 11) is 0. The van der Waals surface area contributed by atoms with Gasteiger partial charge >= 0.3 is 6.18 Å². The van der Waals surface area contributed by atoms with Gasteiger partial charge in [0, 0.05) is 12.1 Å². The SMILES string of the molecule is CCNC(=NCc1ccc(OCC(F)(F)F)cc1)NCC(C)(O)c1cc(C)oc1C.I. The minimum atomic E-state index is -4.37. The fourth-order valence-electron chi connectivity index (χ4n) is 2.88. The predicted molar refractivity (Wildman–Crippen MR) is 124 cm³/mol. The molecule has 0 amide bonds. The number of hydrogen-bond donors (Lipinski definition) is 3. The summed E-state index contributed by atoms with van der Waals surface area (Å²) in [6.07, 6.45) is -4.37. The van der Waals surface area contributed by atoms with Gasteiger partial charge in [-0.05, 0) is 51.5 Å². The maximum Gasteiger partial charge on any atom is 0.422 e. The number of aryl methyl sites for hydroxylation is 2. The van der Waals surface area contributed by atoms with Crippen molar-refractivity contribution in [3.8, 4) is 5.75 Å². The fourth-order valence-corrected chi connectivity index (χ4v) is 2.88. The van der Waals surface area contributed by atoms with Crippen molar-refractivity contribution in [1.29, 1.82) is 0 Å². The van der Waals surface area contributed by atoms with E-state index in [1.807, 2.05) is 19.9 Å². The molecule has 10 heteroatoms. The van der Waals surface area contributed by atoms with E-state index in [-0.39, 0.29) is 36.3 Å². The Balaban J connectivity index is 0.00000480. The molecule has 0 aliphatic carbocycles. The molecular formula is C21H29F3IN3O3. The largest absolute Gasteiger partial charge is 0.484 e. The van der Waals surface area contributed by atoms with Crippen molar-refractivity contribution in [2.45, 2.75) is 46.0 Å². The first-order chi connectivity index (χ1) is 14.0. The number of nitrogens with zero attached hydrogens (tertiary/aromatic N) is 1. The molecule has 2 rings (SSSR count). The van der Waals surface area contributed by atoms with Crippen LogP contribution in [0.2, 0.25) is 0 Å². The van der Waals surface area contributed by atoms with Crippen molar-refractivity contribution in [2.24, 2.45) is 4.99 Å². The molecule has 2 aromatic rings. The molecule has 1 atom stereocenters. The number of benzene rings is 1. The van der Waals surface area contributed by atoms with Gasteiger partial charge in [0.25, 0.3) is 0 Å². The minimum absolute atomic E-state index is 0. The first kappa shape index (κ1) is 27.1. The highest BCUT2D eigenvalue weighted by molar-refractivity contribution is 14.0. The lowest BCUT2D eigenvalue weighted by Gasteiger charge is -2.24. The number of guanidine groups is 1. The molecule has 174 valence electrons. The van der Waals surface area contributed by atoms with Gasteiger partial charge in [0.05, 0.1) is 13.1 Å². The zero-order chi connectivity index (χ0) is 22.4. The number of halogens is 4. The van der Waals surface area contributed by atoms with E-state index in [1.54, 1.807) is 26.0 Å². The van der Waals surface area contributed by atoms with E-state index in [0.717, 1.165) is 11.3 Å². The Labute approximate surface area is 197 Å². The first-order valence-electron chi connectivity index (χ1n) is 9.61. The third kappa shape index (κ3) is 8.98. The van der Waals surface area contributed by atoms with Crippen LogP contribution in [0.1, 0.15) is 36.5 Å². The monoisotopic (exact) mass is 555 g/mol. The summed E-state index contributed by atoms with van der Waals surface area (Å²) in [5.74, 6) is 2.04. The Hall–Kier alpha value is -1.95. The van der Waals surface area contributed by atoms with E-state index < -0.39 is 18.4 Å². The average molecular weight is 555 g/mol.